The summed E-state index contributed by atoms with van der Waals surface area (Å²) in [6.07, 6.45) is 9.01. The third-order valence-corrected chi connectivity index (χ3v) is 4.21. The monoisotopic (exact) mass is 284 g/mol. The highest BCUT2D eigenvalue weighted by Crippen LogP contribution is 2.18. The van der Waals surface area contributed by atoms with Gasteiger partial charge in [-0.05, 0) is 39.2 Å². The highest BCUT2D eigenvalue weighted by Gasteiger charge is 2.23. The lowest BCUT2D eigenvalue weighted by molar-refractivity contribution is -0.123. The van der Waals surface area contributed by atoms with Gasteiger partial charge >= 0.3 is 0 Å². The molecular formula is C16H32N2O2. The summed E-state index contributed by atoms with van der Waals surface area (Å²) in [6, 6.07) is 0.657. The molecule has 2 atom stereocenters. The van der Waals surface area contributed by atoms with Crippen LogP contribution in [-0.4, -0.2) is 47.7 Å². The van der Waals surface area contributed by atoms with Crippen LogP contribution in [0.2, 0.25) is 0 Å². The smallest absolute Gasteiger partial charge is 0.234 e. The molecule has 1 heterocycles. The molecular weight excluding hydrogens is 252 g/mol. The van der Waals surface area contributed by atoms with E-state index in [1.165, 1.54) is 32.1 Å². The first-order valence-electron chi connectivity index (χ1n) is 8.31. The zero-order valence-corrected chi connectivity index (χ0v) is 13.2. The van der Waals surface area contributed by atoms with Crippen molar-refractivity contribution < 1.29 is 9.90 Å². The standard InChI is InChI=1S/C16H32N2O2/c1-3-4-5-8-14(2)17-16(20)13-18-11-7-6-9-15(18)10-12-19/h14-15,19H,3-13H2,1-2H3,(H,17,20). The largest absolute Gasteiger partial charge is 0.396 e. The molecule has 1 rings (SSSR count). The summed E-state index contributed by atoms with van der Waals surface area (Å²) in [5, 5.41) is 12.2. The van der Waals surface area contributed by atoms with Crippen LogP contribution in [0, 0.1) is 0 Å². The normalized spacial score (nSPS) is 21.6. The Morgan fingerprint density at radius 1 is 1.40 bits per heavy atom. The molecule has 0 radical (unpaired) electrons. The number of hydrogen-bond acceptors (Lipinski definition) is 3. The van der Waals surface area contributed by atoms with Gasteiger partial charge in [0.15, 0.2) is 0 Å². The van der Waals surface area contributed by atoms with Crippen molar-refractivity contribution in [3.05, 3.63) is 0 Å². The number of aliphatic hydroxyl groups excluding tert-OH is 1. The van der Waals surface area contributed by atoms with E-state index in [9.17, 15) is 4.79 Å². The van der Waals surface area contributed by atoms with Crippen molar-refractivity contribution in [3.63, 3.8) is 0 Å². The average molecular weight is 284 g/mol. The van der Waals surface area contributed by atoms with Crippen molar-refractivity contribution >= 4 is 5.91 Å². The molecule has 0 aromatic heterocycles. The van der Waals surface area contributed by atoms with Crippen molar-refractivity contribution in [1.29, 1.82) is 0 Å². The topological polar surface area (TPSA) is 52.6 Å². The van der Waals surface area contributed by atoms with Gasteiger partial charge in [-0.1, -0.05) is 32.6 Å². The number of likely N-dealkylation sites (tertiary alicyclic amines) is 1. The number of rotatable bonds is 9. The SMILES string of the molecule is CCCCCC(C)NC(=O)CN1CCCCC1CCO. The molecule has 1 aliphatic rings. The van der Waals surface area contributed by atoms with E-state index >= 15 is 0 Å². The predicted octanol–water partition coefficient (Wildman–Crippen LogP) is 2.31. The fourth-order valence-electron chi connectivity index (χ4n) is 3.02. The van der Waals surface area contributed by atoms with Crippen molar-refractivity contribution in [3.8, 4) is 0 Å². The molecule has 4 nitrogen and oxygen atoms in total. The quantitative estimate of drug-likeness (QED) is 0.639. The minimum absolute atomic E-state index is 0.138. The molecule has 2 unspecified atom stereocenters. The molecule has 0 aromatic carbocycles. The van der Waals surface area contributed by atoms with Crippen LogP contribution in [0.3, 0.4) is 0 Å². The molecule has 0 spiro atoms. The fourth-order valence-corrected chi connectivity index (χ4v) is 3.02. The third kappa shape index (κ3) is 6.71. The Morgan fingerprint density at radius 3 is 2.90 bits per heavy atom. The van der Waals surface area contributed by atoms with Crippen LogP contribution < -0.4 is 5.32 Å². The Labute approximate surface area is 123 Å². The lowest BCUT2D eigenvalue weighted by atomic mass is 9.99. The number of amides is 1. The highest BCUT2D eigenvalue weighted by molar-refractivity contribution is 5.78. The molecule has 1 amide bonds. The number of unbranched alkanes of at least 4 members (excludes halogenated alkanes) is 2. The van der Waals surface area contributed by atoms with E-state index < -0.39 is 0 Å². The van der Waals surface area contributed by atoms with Gasteiger partial charge in [-0.15, -0.1) is 0 Å². The molecule has 118 valence electrons. The minimum Gasteiger partial charge on any atom is -0.396 e. The van der Waals surface area contributed by atoms with Crippen LogP contribution >= 0.6 is 0 Å². The van der Waals surface area contributed by atoms with E-state index in [2.05, 4.69) is 24.1 Å². The van der Waals surface area contributed by atoms with E-state index in [0.29, 0.717) is 12.6 Å². The summed E-state index contributed by atoms with van der Waals surface area (Å²) in [5.41, 5.74) is 0. The van der Waals surface area contributed by atoms with Crippen molar-refractivity contribution in [2.75, 3.05) is 19.7 Å². The molecule has 1 fully saturated rings. The van der Waals surface area contributed by atoms with E-state index in [-0.39, 0.29) is 18.6 Å². The van der Waals surface area contributed by atoms with Gasteiger partial charge in [0, 0.05) is 18.7 Å². The first-order valence-corrected chi connectivity index (χ1v) is 8.31. The van der Waals surface area contributed by atoms with E-state index in [1.54, 1.807) is 0 Å². The summed E-state index contributed by atoms with van der Waals surface area (Å²) >= 11 is 0. The first kappa shape index (κ1) is 17.4. The molecule has 0 saturated carbocycles. The van der Waals surface area contributed by atoms with Crippen LogP contribution in [-0.2, 0) is 4.79 Å². The van der Waals surface area contributed by atoms with Gasteiger partial charge in [-0.25, -0.2) is 0 Å². The highest BCUT2D eigenvalue weighted by atomic mass is 16.3. The molecule has 1 aliphatic heterocycles. The van der Waals surface area contributed by atoms with E-state index in [0.717, 1.165) is 25.8 Å². The minimum atomic E-state index is 0.138. The number of nitrogens with zero attached hydrogens (tertiary/aromatic N) is 1. The molecule has 4 heteroatoms. The predicted molar refractivity (Wildman–Crippen MR) is 82.7 cm³/mol. The Bertz CT molecular complexity index is 269. The Kier molecular flexibility index (Phi) is 8.86. The Morgan fingerprint density at radius 2 is 2.20 bits per heavy atom. The zero-order chi connectivity index (χ0) is 14.8. The average Bonchev–Trinajstić information content (AvgIpc) is 2.41. The summed E-state index contributed by atoms with van der Waals surface area (Å²) in [4.78, 5) is 14.3. The van der Waals surface area contributed by atoms with Crippen LogP contribution in [0.25, 0.3) is 0 Å². The second-order valence-electron chi connectivity index (χ2n) is 6.10. The maximum atomic E-state index is 12.1. The maximum absolute atomic E-state index is 12.1. The van der Waals surface area contributed by atoms with E-state index in [1.807, 2.05) is 0 Å². The number of carbonyl (C=O) groups is 1. The number of aliphatic hydroxyl groups is 1. The van der Waals surface area contributed by atoms with Gasteiger partial charge in [0.2, 0.25) is 5.91 Å². The van der Waals surface area contributed by atoms with Gasteiger partial charge in [-0.2, -0.15) is 0 Å². The third-order valence-electron chi connectivity index (χ3n) is 4.21. The van der Waals surface area contributed by atoms with Crippen LogP contribution in [0.1, 0.15) is 65.2 Å². The summed E-state index contributed by atoms with van der Waals surface area (Å²) < 4.78 is 0. The number of hydrogen-bond donors (Lipinski definition) is 2. The number of piperidine rings is 1. The molecule has 0 bridgehead atoms. The lowest BCUT2D eigenvalue weighted by Crippen LogP contribution is -2.47. The maximum Gasteiger partial charge on any atom is 0.234 e. The van der Waals surface area contributed by atoms with Gasteiger partial charge in [0.25, 0.3) is 0 Å². The first-order chi connectivity index (χ1) is 9.67. The van der Waals surface area contributed by atoms with Gasteiger partial charge in [-0.3, -0.25) is 9.69 Å². The summed E-state index contributed by atoms with van der Waals surface area (Å²) in [5.74, 6) is 0.138. The van der Waals surface area contributed by atoms with Gasteiger partial charge in [0.1, 0.15) is 0 Å². The van der Waals surface area contributed by atoms with E-state index in [4.69, 9.17) is 5.11 Å². The van der Waals surface area contributed by atoms with Crippen molar-refractivity contribution in [2.45, 2.75) is 77.3 Å². The van der Waals surface area contributed by atoms with Gasteiger partial charge < -0.3 is 10.4 Å². The van der Waals surface area contributed by atoms with Crippen molar-refractivity contribution in [2.24, 2.45) is 0 Å². The lowest BCUT2D eigenvalue weighted by Gasteiger charge is -2.35. The Balaban J connectivity index is 2.28. The Hall–Kier alpha value is -0.610. The molecule has 0 aliphatic carbocycles. The molecule has 20 heavy (non-hydrogen) atoms. The van der Waals surface area contributed by atoms with Crippen LogP contribution in [0.15, 0.2) is 0 Å². The van der Waals surface area contributed by atoms with Crippen molar-refractivity contribution in [1.82, 2.24) is 10.2 Å². The number of carbonyl (C=O) groups excluding carboxylic acids is 1. The summed E-state index contributed by atoms with van der Waals surface area (Å²) in [7, 11) is 0. The molecule has 1 saturated heterocycles. The fraction of sp³-hybridized carbons (Fsp3) is 0.938. The summed E-state index contributed by atoms with van der Waals surface area (Å²) in [6.45, 7) is 5.98. The number of nitrogens with one attached hydrogen (secondary N) is 1. The molecule has 2 N–H and O–H groups in total. The van der Waals surface area contributed by atoms with Crippen LogP contribution in [0.4, 0.5) is 0 Å². The van der Waals surface area contributed by atoms with Gasteiger partial charge in [0.05, 0.1) is 6.54 Å². The second kappa shape index (κ2) is 10.2. The molecule has 0 aromatic rings. The zero-order valence-electron chi connectivity index (χ0n) is 13.2. The second-order valence-corrected chi connectivity index (χ2v) is 6.10. The van der Waals surface area contributed by atoms with Crippen LogP contribution in [0.5, 0.6) is 0 Å².